The van der Waals surface area contributed by atoms with Gasteiger partial charge in [0.2, 0.25) is 18.2 Å². The van der Waals surface area contributed by atoms with E-state index in [1.54, 1.807) is 7.11 Å². The SMILES string of the molecule is COc1ccc(NC2N=C(N)N=C(N3CCOCC3)N2c2ccc(C)cc2)cc1.Cl. The van der Waals surface area contributed by atoms with Gasteiger partial charge in [-0.15, -0.1) is 12.4 Å². The highest BCUT2D eigenvalue weighted by Crippen LogP contribution is 2.25. The highest BCUT2D eigenvalue weighted by atomic mass is 35.5. The number of anilines is 2. The fraction of sp³-hybridized carbons (Fsp3) is 0.333. The quantitative estimate of drug-likeness (QED) is 0.775. The number of halogens is 1. The first kappa shape index (κ1) is 21.7. The average Bonchev–Trinajstić information content (AvgIpc) is 2.75. The van der Waals surface area contributed by atoms with Crippen molar-refractivity contribution >= 4 is 35.7 Å². The Hall–Kier alpha value is -2.97. The first-order chi connectivity index (χ1) is 14.1. The molecule has 1 atom stereocenters. The van der Waals surface area contributed by atoms with Crippen LogP contribution < -0.4 is 20.7 Å². The molecule has 30 heavy (non-hydrogen) atoms. The number of hydrogen-bond acceptors (Lipinski definition) is 8. The molecule has 3 N–H and O–H groups in total. The zero-order valence-corrected chi connectivity index (χ0v) is 17.9. The Morgan fingerprint density at radius 1 is 1.07 bits per heavy atom. The summed E-state index contributed by atoms with van der Waals surface area (Å²) in [7, 11) is 1.65. The van der Waals surface area contributed by atoms with E-state index >= 15 is 0 Å². The smallest absolute Gasteiger partial charge is 0.222 e. The van der Waals surface area contributed by atoms with Crippen molar-refractivity contribution in [2.45, 2.75) is 13.2 Å². The van der Waals surface area contributed by atoms with Crippen molar-refractivity contribution in [3.63, 3.8) is 0 Å². The Morgan fingerprint density at radius 3 is 2.37 bits per heavy atom. The average molecular weight is 431 g/mol. The van der Waals surface area contributed by atoms with Crippen molar-refractivity contribution < 1.29 is 9.47 Å². The minimum absolute atomic E-state index is 0. The molecule has 0 amide bonds. The summed E-state index contributed by atoms with van der Waals surface area (Å²) in [6, 6.07) is 16.0. The van der Waals surface area contributed by atoms with Crippen molar-refractivity contribution in [2.24, 2.45) is 15.7 Å². The zero-order valence-electron chi connectivity index (χ0n) is 17.1. The number of hydrogen-bond donors (Lipinski definition) is 2. The molecule has 2 aliphatic heterocycles. The molecule has 8 nitrogen and oxygen atoms in total. The standard InChI is InChI=1S/C21H26N6O2.ClH/c1-15-3-7-17(8-4-15)27-20(23-16-5-9-18(28-2)10-6-16)24-19(22)25-21(27)26-11-13-29-14-12-26;/h3-10,20,23H,11-14H2,1-2H3,(H2,22,24);1H. The van der Waals surface area contributed by atoms with Gasteiger partial charge in [0.1, 0.15) is 5.75 Å². The van der Waals surface area contributed by atoms with E-state index in [1.165, 1.54) is 5.56 Å². The number of benzene rings is 2. The Kier molecular flexibility index (Phi) is 7.02. The highest BCUT2D eigenvalue weighted by Gasteiger charge is 2.32. The van der Waals surface area contributed by atoms with Gasteiger partial charge in [-0.05, 0) is 43.3 Å². The van der Waals surface area contributed by atoms with Crippen LogP contribution in [-0.2, 0) is 4.74 Å². The van der Waals surface area contributed by atoms with Crippen LogP contribution in [0.4, 0.5) is 11.4 Å². The molecule has 0 spiro atoms. The summed E-state index contributed by atoms with van der Waals surface area (Å²) in [5, 5.41) is 3.46. The van der Waals surface area contributed by atoms with Crippen LogP contribution in [0.2, 0.25) is 0 Å². The van der Waals surface area contributed by atoms with Gasteiger partial charge in [-0.2, -0.15) is 4.99 Å². The fourth-order valence-electron chi connectivity index (χ4n) is 3.36. The van der Waals surface area contributed by atoms with Crippen molar-refractivity contribution in [1.29, 1.82) is 0 Å². The third kappa shape index (κ3) is 4.77. The van der Waals surface area contributed by atoms with Crippen molar-refractivity contribution in [1.82, 2.24) is 4.90 Å². The lowest BCUT2D eigenvalue weighted by molar-refractivity contribution is 0.0671. The van der Waals surface area contributed by atoms with E-state index < -0.39 is 6.29 Å². The number of nitrogens with zero attached hydrogens (tertiary/aromatic N) is 4. The maximum atomic E-state index is 6.10. The maximum absolute atomic E-state index is 6.10. The van der Waals surface area contributed by atoms with Crippen LogP contribution >= 0.6 is 12.4 Å². The summed E-state index contributed by atoms with van der Waals surface area (Å²) < 4.78 is 10.8. The molecule has 1 saturated heterocycles. The molecule has 2 aromatic rings. The number of aryl methyl sites for hydroxylation is 1. The second-order valence-electron chi connectivity index (χ2n) is 6.95. The predicted octanol–water partition coefficient (Wildman–Crippen LogP) is 2.64. The second kappa shape index (κ2) is 9.69. The number of nitrogens with two attached hydrogens (primary N) is 1. The third-order valence-corrected chi connectivity index (χ3v) is 4.92. The number of ether oxygens (including phenoxy) is 2. The molecule has 9 heteroatoms. The predicted molar refractivity (Wildman–Crippen MR) is 123 cm³/mol. The summed E-state index contributed by atoms with van der Waals surface area (Å²) in [4.78, 5) is 13.4. The van der Waals surface area contributed by atoms with E-state index in [0.29, 0.717) is 13.2 Å². The number of aliphatic imine (C=N–C) groups is 2. The molecular weight excluding hydrogens is 404 g/mol. The lowest BCUT2D eigenvalue weighted by Gasteiger charge is -2.41. The van der Waals surface area contributed by atoms with Crippen molar-refractivity contribution in [3.05, 3.63) is 54.1 Å². The molecule has 0 bridgehead atoms. The van der Waals surface area contributed by atoms with Crippen molar-refractivity contribution in [2.75, 3.05) is 43.6 Å². The molecule has 160 valence electrons. The third-order valence-electron chi connectivity index (χ3n) is 4.92. The summed E-state index contributed by atoms with van der Waals surface area (Å²) in [5.41, 5.74) is 9.20. The number of methoxy groups -OCH3 is 1. The fourth-order valence-corrected chi connectivity index (χ4v) is 3.36. The van der Waals surface area contributed by atoms with Crippen LogP contribution in [0.25, 0.3) is 0 Å². The van der Waals surface area contributed by atoms with Crippen molar-refractivity contribution in [3.8, 4) is 5.75 Å². The largest absolute Gasteiger partial charge is 0.497 e. The minimum atomic E-state index is -0.429. The van der Waals surface area contributed by atoms with Gasteiger partial charge in [0.15, 0.2) is 0 Å². The first-order valence-corrected chi connectivity index (χ1v) is 9.65. The van der Waals surface area contributed by atoms with Gasteiger partial charge in [-0.1, -0.05) is 17.7 Å². The normalized spacial score (nSPS) is 18.8. The van der Waals surface area contributed by atoms with E-state index in [2.05, 4.69) is 56.3 Å². The molecule has 0 aliphatic carbocycles. The van der Waals surface area contributed by atoms with Gasteiger partial charge in [0.25, 0.3) is 0 Å². The molecule has 4 rings (SSSR count). The first-order valence-electron chi connectivity index (χ1n) is 9.65. The molecular formula is C21H27ClN6O2. The number of morpholine rings is 1. The molecule has 0 saturated carbocycles. The number of nitrogens with one attached hydrogen (secondary N) is 1. The molecule has 1 unspecified atom stereocenters. The molecule has 2 aromatic carbocycles. The Bertz CT molecular complexity index is 895. The summed E-state index contributed by atoms with van der Waals surface area (Å²) in [6.07, 6.45) is -0.429. The monoisotopic (exact) mass is 430 g/mol. The van der Waals surface area contributed by atoms with Gasteiger partial charge in [-0.25, -0.2) is 4.99 Å². The van der Waals surface area contributed by atoms with Crippen LogP contribution in [0, 0.1) is 6.92 Å². The lowest BCUT2D eigenvalue weighted by atomic mass is 10.2. The van der Waals surface area contributed by atoms with Crippen LogP contribution in [0.1, 0.15) is 5.56 Å². The highest BCUT2D eigenvalue weighted by molar-refractivity contribution is 6.06. The van der Waals surface area contributed by atoms with Gasteiger partial charge in [0.05, 0.1) is 20.3 Å². The van der Waals surface area contributed by atoms with Crippen LogP contribution in [0.5, 0.6) is 5.75 Å². The summed E-state index contributed by atoms with van der Waals surface area (Å²) in [6.45, 7) is 4.90. The van der Waals surface area contributed by atoms with Gasteiger partial charge < -0.3 is 25.4 Å². The summed E-state index contributed by atoms with van der Waals surface area (Å²) in [5.74, 6) is 1.82. The van der Waals surface area contributed by atoms with Gasteiger partial charge in [0, 0.05) is 24.5 Å². The molecule has 0 radical (unpaired) electrons. The van der Waals surface area contributed by atoms with Gasteiger partial charge >= 0.3 is 0 Å². The Labute approximate surface area is 182 Å². The van der Waals surface area contributed by atoms with E-state index in [0.717, 1.165) is 36.2 Å². The maximum Gasteiger partial charge on any atom is 0.222 e. The van der Waals surface area contributed by atoms with Gasteiger partial charge in [-0.3, -0.25) is 4.90 Å². The van der Waals surface area contributed by atoms with Crippen LogP contribution in [-0.4, -0.2) is 56.5 Å². The summed E-state index contributed by atoms with van der Waals surface area (Å²) >= 11 is 0. The van der Waals surface area contributed by atoms with Crippen LogP contribution in [0.3, 0.4) is 0 Å². The van der Waals surface area contributed by atoms with E-state index in [-0.39, 0.29) is 18.4 Å². The second-order valence-corrected chi connectivity index (χ2v) is 6.95. The molecule has 2 heterocycles. The number of guanidine groups is 2. The Balaban J connectivity index is 0.00000256. The van der Waals surface area contributed by atoms with E-state index in [1.807, 2.05) is 24.3 Å². The number of rotatable bonds is 4. The van der Waals surface area contributed by atoms with Crippen LogP contribution in [0.15, 0.2) is 58.5 Å². The van der Waals surface area contributed by atoms with E-state index in [9.17, 15) is 0 Å². The molecule has 1 fully saturated rings. The lowest BCUT2D eigenvalue weighted by Crippen LogP contribution is -2.57. The topological polar surface area (TPSA) is 87.7 Å². The van der Waals surface area contributed by atoms with E-state index in [4.69, 9.17) is 15.2 Å². The Morgan fingerprint density at radius 2 is 1.73 bits per heavy atom. The zero-order chi connectivity index (χ0) is 20.2. The minimum Gasteiger partial charge on any atom is -0.497 e. The molecule has 0 aromatic heterocycles. The molecule has 2 aliphatic rings.